The van der Waals surface area contributed by atoms with E-state index < -0.39 is 0 Å². The maximum atomic E-state index is 5.44. The van der Waals surface area contributed by atoms with Crippen LogP contribution in [-0.2, 0) is 6.54 Å². The van der Waals surface area contributed by atoms with E-state index in [0.717, 1.165) is 13.0 Å². The number of anilines is 1. The first kappa shape index (κ1) is 9.03. The van der Waals surface area contributed by atoms with Crippen LogP contribution in [0.15, 0.2) is 6.20 Å². The first-order valence-electron chi connectivity index (χ1n) is 4.19. The topological polar surface area (TPSA) is 56.7 Å². The van der Waals surface area contributed by atoms with E-state index in [4.69, 9.17) is 5.73 Å². The van der Waals surface area contributed by atoms with Crippen LogP contribution in [0.5, 0.6) is 0 Å². The van der Waals surface area contributed by atoms with E-state index in [-0.39, 0.29) is 5.41 Å². The predicted molar refractivity (Wildman–Crippen MR) is 48.5 cm³/mol. The predicted octanol–water partition coefficient (Wildman–Crippen LogP) is 1.30. The number of nitrogen functional groups attached to an aromatic ring is 1. The summed E-state index contributed by atoms with van der Waals surface area (Å²) in [6, 6.07) is 0. The zero-order valence-electron chi connectivity index (χ0n) is 7.91. The molecule has 0 aromatic carbocycles. The Hall–Kier alpha value is -1.06. The van der Waals surface area contributed by atoms with Gasteiger partial charge in [-0.15, -0.1) is 5.10 Å². The van der Waals surface area contributed by atoms with Gasteiger partial charge in [-0.1, -0.05) is 26.0 Å². The van der Waals surface area contributed by atoms with E-state index in [1.807, 2.05) is 0 Å². The van der Waals surface area contributed by atoms with Gasteiger partial charge >= 0.3 is 0 Å². The molecule has 0 saturated carbocycles. The van der Waals surface area contributed by atoms with Gasteiger partial charge in [0.15, 0.2) is 5.82 Å². The maximum absolute atomic E-state index is 5.44. The van der Waals surface area contributed by atoms with Crippen molar-refractivity contribution >= 4 is 5.82 Å². The first-order chi connectivity index (χ1) is 5.53. The molecular weight excluding hydrogens is 152 g/mol. The lowest BCUT2D eigenvalue weighted by atomic mass is 9.90. The minimum Gasteiger partial charge on any atom is -0.381 e. The van der Waals surface area contributed by atoms with Crippen LogP contribution in [0.2, 0.25) is 0 Å². The monoisotopic (exact) mass is 168 g/mol. The normalized spacial score (nSPS) is 11.9. The molecule has 1 aromatic heterocycles. The van der Waals surface area contributed by atoms with Crippen molar-refractivity contribution in [3.05, 3.63) is 6.20 Å². The van der Waals surface area contributed by atoms with Gasteiger partial charge in [0, 0.05) is 6.54 Å². The van der Waals surface area contributed by atoms with Crippen molar-refractivity contribution in [2.45, 2.75) is 33.7 Å². The van der Waals surface area contributed by atoms with Crippen LogP contribution in [-0.4, -0.2) is 15.0 Å². The highest BCUT2D eigenvalue weighted by molar-refractivity contribution is 5.19. The SMILES string of the molecule is CCC(C)(C)Cn1cc(N)nn1. The summed E-state index contributed by atoms with van der Waals surface area (Å²) in [7, 11) is 0. The molecule has 1 heterocycles. The van der Waals surface area contributed by atoms with Crippen molar-refractivity contribution in [3.63, 3.8) is 0 Å². The zero-order chi connectivity index (χ0) is 9.19. The number of nitrogens with zero attached hydrogens (tertiary/aromatic N) is 3. The molecule has 0 bridgehead atoms. The fourth-order valence-corrected chi connectivity index (χ4v) is 0.941. The van der Waals surface area contributed by atoms with Gasteiger partial charge in [0.1, 0.15) is 0 Å². The summed E-state index contributed by atoms with van der Waals surface area (Å²) >= 11 is 0. The zero-order valence-corrected chi connectivity index (χ0v) is 7.91. The average molecular weight is 168 g/mol. The summed E-state index contributed by atoms with van der Waals surface area (Å²) in [5, 5.41) is 7.62. The van der Waals surface area contributed by atoms with E-state index in [9.17, 15) is 0 Å². The van der Waals surface area contributed by atoms with Crippen molar-refractivity contribution in [2.75, 3.05) is 5.73 Å². The molecule has 0 radical (unpaired) electrons. The van der Waals surface area contributed by atoms with Crippen LogP contribution in [0.25, 0.3) is 0 Å². The van der Waals surface area contributed by atoms with Gasteiger partial charge in [-0.2, -0.15) is 0 Å². The number of nitrogens with two attached hydrogens (primary N) is 1. The van der Waals surface area contributed by atoms with Gasteiger partial charge < -0.3 is 5.73 Å². The molecule has 1 rings (SSSR count). The molecule has 2 N–H and O–H groups in total. The fourth-order valence-electron chi connectivity index (χ4n) is 0.941. The van der Waals surface area contributed by atoms with Gasteiger partial charge in [-0.05, 0) is 11.8 Å². The van der Waals surface area contributed by atoms with E-state index in [1.165, 1.54) is 0 Å². The van der Waals surface area contributed by atoms with Crippen molar-refractivity contribution in [2.24, 2.45) is 5.41 Å². The third-order valence-electron chi connectivity index (χ3n) is 2.10. The summed E-state index contributed by atoms with van der Waals surface area (Å²) in [4.78, 5) is 0. The van der Waals surface area contributed by atoms with Crippen LogP contribution < -0.4 is 5.73 Å². The standard InChI is InChI=1S/C8H16N4/c1-4-8(2,3)6-12-5-7(9)10-11-12/h5H,4,6,9H2,1-3H3. The molecule has 68 valence electrons. The van der Waals surface area contributed by atoms with Crippen molar-refractivity contribution < 1.29 is 0 Å². The van der Waals surface area contributed by atoms with Crippen LogP contribution >= 0.6 is 0 Å². The van der Waals surface area contributed by atoms with Crippen molar-refractivity contribution in [3.8, 4) is 0 Å². The van der Waals surface area contributed by atoms with Gasteiger partial charge in [0.25, 0.3) is 0 Å². The molecule has 0 aliphatic rings. The Labute approximate surface area is 72.8 Å². The van der Waals surface area contributed by atoms with Gasteiger partial charge in [0.05, 0.1) is 6.20 Å². The second-order valence-corrected chi connectivity index (χ2v) is 3.86. The summed E-state index contributed by atoms with van der Waals surface area (Å²) in [5.74, 6) is 0.488. The van der Waals surface area contributed by atoms with Crippen molar-refractivity contribution in [1.29, 1.82) is 0 Å². The summed E-state index contributed by atoms with van der Waals surface area (Å²) in [5.41, 5.74) is 5.71. The summed E-state index contributed by atoms with van der Waals surface area (Å²) in [6.45, 7) is 7.43. The summed E-state index contributed by atoms with van der Waals surface area (Å²) < 4.78 is 1.79. The van der Waals surface area contributed by atoms with E-state index in [1.54, 1.807) is 10.9 Å². The van der Waals surface area contributed by atoms with Crippen LogP contribution in [0.4, 0.5) is 5.82 Å². The molecule has 0 atom stereocenters. The molecule has 4 nitrogen and oxygen atoms in total. The van der Waals surface area contributed by atoms with Gasteiger partial charge in [-0.25, -0.2) is 4.68 Å². The second kappa shape index (κ2) is 3.13. The Bertz CT molecular complexity index is 251. The molecule has 0 saturated heterocycles. The molecule has 0 amide bonds. The van der Waals surface area contributed by atoms with E-state index in [2.05, 4.69) is 31.1 Å². The Morgan fingerprint density at radius 1 is 1.58 bits per heavy atom. The molecule has 1 aromatic rings. The van der Waals surface area contributed by atoms with Crippen LogP contribution in [0.3, 0.4) is 0 Å². The molecule has 0 fully saturated rings. The van der Waals surface area contributed by atoms with Gasteiger partial charge in [0.2, 0.25) is 0 Å². The molecule has 0 unspecified atom stereocenters. The lowest BCUT2D eigenvalue weighted by Gasteiger charge is -2.21. The highest BCUT2D eigenvalue weighted by atomic mass is 15.4. The van der Waals surface area contributed by atoms with Gasteiger partial charge in [-0.3, -0.25) is 0 Å². The van der Waals surface area contributed by atoms with Crippen molar-refractivity contribution in [1.82, 2.24) is 15.0 Å². The molecule has 12 heavy (non-hydrogen) atoms. The third-order valence-corrected chi connectivity index (χ3v) is 2.10. The highest BCUT2D eigenvalue weighted by Gasteiger charge is 2.16. The maximum Gasteiger partial charge on any atom is 0.165 e. The largest absolute Gasteiger partial charge is 0.381 e. The molecule has 0 aliphatic heterocycles. The highest BCUT2D eigenvalue weighted by Crippen LogP contribution is 2.21. The minimum atomic E-state index is 0.264. The lowest BCUT2D eigenvalue weighted by Crippen LogP contribution is -2.18. The number of hydrogen-bond donors (Lipinski definition) is 1. The Kier molecular flexibility index (Phi) is 2.35. The van der Waals surface area contributed by atoms with Crippen LogP contribution in [0, 0.1) is 5.41 Å². The molecule has 0 aliphatic carbocycles. The summed E-state index contributed by atoms with van der Waals surface area (Å²) in [6.07, 6.45) is 2.88. The minimum absolute atomic E-state index is 0.264. The third kappa shape index (κ3) is 2.22. The van der Waals surface area contributed by atoms with E-state index in [0.29, 0.717) is 5.82 Å². The fraction of sp³-hybridized carbons (Fsp3) is 0.750. The molecule has 4 heteroatoms. The lowest BCUT2D eigenvalue weighted by molar-refractivity contribution is 0.277. The molecular formula is C8H16N4. The second-order valence-electron chi connectivity index (χ2n) is 3.86. The Balaban J connectivity index is 2.63. The Morgan fingerprint density at radius 3 is 2.67 bits per heavy atom. The number of aromatic nitrogens is 3. The van der Waals surface area contributed by atoms with Crippen LogP contribution in [0.1, 0.15) is 27.2 Å². The quantitative estimate of drug-likeness (QED) is 0.740. The first-order valence-corrected chi connectivity index (χ1v) is 4.19. The number of rotatable bonds is 3. The number of hydrogen-bond acceptors (Lipinski definition) is 3. The Morgan fingerprint density at radius 2 is 2.25 bits per heavy atom. The van der Waals surface area contributed by atoms with E-state index >= 15 is 0 Å². The smallest absolute Gasteiger partial charge is 0.165 e. The molecule has 0 spiro atoms. The average Bonchev–Trinajstić information content (AvgIpc) is 2.35.